The summed E-state index contributed by atoms with van der Waals surface area (Å²) in [6.07, 6.45) is 21.6. The molecule has 31 nitrogen and oxygen atoms in total. The number of nitrogens with zero attached hydrogens (tertiary/aromatic N) is 17. The average molecular weight is 1790 g/mol. The second-order valence-electron chi connectivity index (χ2n) is 24.5. The van der Waals surface area contributed by atoms with Crippen molar-refractivity contribution in [1.82, 2.24) is 80.2 Å². The number of amides is 2. The maximum atomic E-state index is 12.6. The SMILES string of the molecule is COc1c(C#N)ccc2[nH]nc(/C=C/c3cccnc3)c12.COc1c(C#N)ccc2c1c(/C=C/c1cccnc1)nn2C.COc1c(C#N)ccc2c1c(I)nn2C.COc1c(C#N)ccc2n[nH]c(I)c12.COc1ccc(/C=C/c2[nH]nc3ccc(C(=O)NC(C)C(N)=O)c(OC)c23)cn1.[C-]#[N+]c1ccc2c(c(C=C)nn2C)c1OC. The van der Waals surface area contributed by atoms with Gasteiger partial charge in [0.25, 0.3) is 5.91 Å². The summed E-state index contributed by atoms with van der Waals surface area (Å²) in [5.41, 5.74) is 18.8. The fraction of sp³-hybridized carbons (Fsp3) is 0.143. The lowest BCUT2D eigenvalue weighted by molar-refractivity contribution is -0.119. The molecule has 0 saturated carbocycles. The van der Waals surface area contributed by atoms with Gasteiger partial charge in [-0.2, -0.15) is 51.6 Å². The molecule has 0 aliphatic carbocycles. The molecular formula is C84H72I2N22O9. The minimum atomic E-state index is -0.811. The number of pyridine rings is 3. The van der Waals surface area contributed by atoms with Crippen LogP contribution in [0.5, 0.6) is 40.4 Å². The lowest BCUT2D eigenvalue weighted by Crippen LogP contribution is -2.42. The Morgan fingerprint density at radius 1 is 0.521 bits per heavy atom. The van der Waals surface area contributed by atoms with Gasteiger partial charge in [0.2, 0.25) is 17.5 Å². The fourth-order valence-corrected chi connectivity index (χ4v) is 13.5. The third kappa shape index (κ3) is 18.9. The summed E-state index contributed by atoms with van der Waals surface area (Å²) in [7, 11) is 16.4. The number of nitriles is 4. The van der Waals surface area contributed by atoms with E-state index in [-0.39, 0.29) is 5.56 Å². The Labute approximate surface area is 696 Å². The van der Waals surface area contributed by atoms with E-state index in [1.165, 1.54) is 14.0 Å². The van der Waals surface area contributed by atoms with Gasteiger partial charge in [0, 0.05) is 58.2 Å². The van der Waals surface area contributed by atoms with Crippen molar-refractivity contribution < 1.29 is 42.7 Å². The number of primary amides is 1. The summed E-state index contributed by atoms with van der Waals surface area (Å²) in [6, 6.07) is 40.2. The quantitative estimate of drug-likeness (QED) is 0.0417. The lowest BCUT2D eigenvalue weighted by atomic mass is 10.1. The first-order valence-corrected chi connectivity index (χ1v) is 37.0. The molecule has 33 heteroatoms. The zero-order valence-corrected chi connectivity index (χ0v) is 69.0. The summed E-state index contributed by atoms with van der Waals surface area (Å²) in [5.74, 6) is 2.62. The van der Waals surface area contributed by atoms with Crippen molar-refractivity contribution in [2.24, 2.45) is 26.9 Å². The number of hydrogen-bond donors (Lipinski definition) is 5. The first kappa shape index (κ1) is 84.4. The second kappa shape index (κ2) is 39.5. The van der Waals surface area contributed by atoms with Crippen LogP contribution in [-0.2, 0) is 25.9 Å². The zero-order chi connectivity index (χ0) is 84.0. The number of ether oxygens (including phenoxy) is 7. The first-order valence-electron chi connectivity index (χ1n) is 34.8. The van der Waals surface area contributed by atoms with Crippen molar-refractivity contribution in [2.75, 3.05) is 49.8 Å². The maximum Gasteiger partial charge on any atom is 0.255 e. The van der Waals surface area contributed by atoms with Crippen LogP contribution in [0.4, 0.5) is 5.69 Å². The number of aryl methyl sites for hydroxylation is 3. The van der Waals surface area contributed by atoms with E-state index in [0.717, 1.165) is 95.7 Å². The summed E-state index contributed by atoms with van der Waals surface area (Å²) >= 11 is 4.27. The van der Waals surface area contributed by atoms with E-state index in [0.29, 0.717) is 84.9 Å². The molecule has 15 rings (SSSR count). The normalized spacial score (nSPS) is 10.9. The van der Waals surface area contributed by atoms with Crippen LogP contribution in [0.1, 0.15) is 79.0 Å². The van der Waals surface area contributed by atoms with Gasteiger partial charge in [0.15, 0.2) is 0 Å². The number of carbonyl (C=O) groups excluding carboxylic acids is 2. The Morgan fingerprint density at radius 3 is 1.55 bits per heavy atom. The molecule has 0 aliphatic heterocycles. The van der Waals surface area contributed by atoms with Gasteiger partial charge in [0.05, 0.1) is 172 Å². The van der Waals surface area contributed by atoms with E-state index in [9.17, 15) is 14.9 Å². The molecular weight excluding hydrogens is 1710 g/mol. The number of carbonyl (C=O) groups is 2. The smallest absolute Gasteiger partial charge is 0.255 e. The van der Waals surface area contributed by atoms with Crippen molar-refractivity contribution in [3.05, 3.63) is 233 Å². The molecule has 0 saturated heterocycles. The molecule has 0 fully saturated rings. The summed E-state index contributed by atoms with van der Waals surface area (Å²) in [5, 5.41) is 78.1. The highest BCUT2D eigenvalue weighted by Crippen LogP contribution is 2.40. The summed E-state index contributed by atoms with van der Waals surface area (Å²) in [6.45, 7) is 12.3. The number of halogens is 2. The van der Waals surface area contributed by atoms with Gasteiger partial charge in [-0.1, -0.05) is 43.0 Å². The number of rotatable bonds is 17. The molecule has 1 unspecified atom stereocenters. The van der Waals surface area contributed by atoms with Crippen LogP contribution < -0.4 is 44.2 Å². The second-order valence-corrected chi connectivity index (χ2v) is 26.6. The first-order chi connectivity index (χ1) is 56.7. The molecule has 6 N–H and O–H groups in total. The molecule has 9 heterocycles. The highest BCUT2D eigenvalue weighted by Gasteiger charge is 2.24. The number of nitrogens with two attached hydrogens (primary N) is 1. The van der Waals surface area contributed by atoms with Gasteiger partial charge >= 0.3 is 0 Å². The van der Waals surface area contributed by atoms with Crippen molar-refractivity contribution in [3.63, 3.8) is 0 Å². The van der Waals surface area contributed by atoms with Gasteiger partial charge in [-0.3, -0.25) is 48.9 Å². The van der Waals surface area contributed by atoms with Crippen LogP contribution in [0.15, 0.2) is 147 Å². The van der Waals surface area contributed by atoms with Crippen LogP contribution in [0, 0.1) is 59.3 Å². The predicted molar refractivity (Wildman–Crippen MR) is 463 cm³/mol. The fourth-order valence-electron chi connectivity index (χ4n) is 12.0. The van der Waals surface area contributed by atoms with Crippen LogP contribution in [0.25, 0.3) is 113 Å². The monoisotopic (exact) mass is 1790 g/mol. The molecule has 0 radical (unpaired) electrons. The lowest BCUT2D eigenvalue weighted by Gasteiger charge is -2.13. The van der Waals surface area contributed by atoms with Gasteiger partial charge in [0.1, 0.15) is 72.2 Å². The molecule has 2 amide bonds. The molecule has 6 aromatic carbocycles. The van der Waals surface area contributed by atoms with E-state index >= 15 is 0 Å². The Balaban J connectivity index is 0.000000151. The van der Waals surface area contributed by atoms with Crippen LogP contribution in [0.3, 0.4) is 0 Å². The number of benzene rings is 6. The van der Waals surface area contributed by atoms with Crippen molar-refractivity contribution >= 4 is 171 Å². The molecule has 0 bridgehead atoms. The van der Waals surface area contributed by atoms with E-state index < -0.39 is 17.9 Å². The van der Waals surface area contributed by atoms with E-state index in [2.05, 4.69) is 147 Å². The molecule has 117 heavy (non-hydrogen) atoms. The largest absolute Gasteiger partial charge is 0.507 e. The molecule has 0 aliphatic rings. The Morgan fingerprint density at radius 2 is 1.01 bits per heavy atom. The minimum absolute atomic E-state index is 0.273. The van der Waals surface area contributed by atoms with Crippen molar-refractivity contribution in [2.45, 2.75) is 13.0 Å². The highest BCUT2D eigenvalue weighted by molar-refractivity contribution is 14.1. The Hall–Kier alpha value is -15.0. The molecule has 0 spiro atoms. The van der Waals surface area contributed by atoms with Crippen LogP contribution in [0.2, 0.25) is 0 Å². The number of H-pyrrole nitrogens is 3. The Kier molecular flexibility index (Phi) is 28.5. The van der Waals surface area contributed by atoms with E-state index in [1.807, 2.05) is 112 Å². The third-order valence-electron chi connectivity index (χ3n) is 17.6. The highest BCUT2D eigenvalue weighted by atomic mass is 127. The molecule has 586 valence electrons. The summed E-state index contributed by atoms with van der Waals surface area (Å²) in [4.78, 5) is 39.6. The maximum absolute atomic E-state index is 12.6. The standard InChI is InChI=1S/C20H21N5O4.C17H14N4O.C16H12N4O.C12H11N3O.C10H8IN3O.C9H6IN3O/c1-11(19(21)26)23-20(27)13-6-8-15-17(18(13)29-3)14(24-25-15)7-4-12-5-9-16(28-2)22-10-12;1-21-15-8-6-13(10-18)17(22-2)16(15)14(20-21)7-5-12-4-3-9-19-11-12;1-21-16-12(9-17)5-7-14-15(16)13(19-20-14)6-4-11-3-2-8-18-10-11;1-5-8-11-10(15(3)14-8)7-6-9(13-2)12(11)16-4;1-14-7-4-3-6(5-12)9(15-2)8(7)10(11)13-14;1-14-8-5(4-11)2-3-6-7(8)9(10)13-12-6/h4-11H,1-3H3,(H2,21,26)(H,23,27)(H,24,25);3-9,11H,1-2H3;2-8,10H,1H3,(H,19,20);5-7H,1H2,3-4H3;3-4H,1-2H3;2-3H,1H3,(H,12,13)/b7-4+;7-5+;6-4+;;;. The van der Waals surface area contributed by atoms with Crippen molar-refractivity contribution in [1.29, 1.82) is 21.0 Å². The number of hydrogen-bond acceptors (Lipinski definition) is 22. The number of fused-ring (bicyclic) bond motifs is 6. The topological polar surface area (TPSA) is 414 Å². The zero-order valence-electron chi connectivity index (χ0n) is 64.7. The molecule has 1 atom stereocenters. The van der Waals surface area contributed by atoms with Gasteiger partial charge in [-0.05, 0) is 178 Å². The van der Waals surface area contributed by atoms with Gasteiger partial charge in [-0.15, -0.1) is 0 Å². The van der Waals surface area contributed by atoms with Crippen LogP contribution >= 0.6 is 45.2 Å². The number of aromatic amines is 3. The van der Waals surface area contributed by atoms with E-state index in [1.54, 1.807) is 148 Å². The summed E-state index contributed by atoms with van der Waals surface area (Å²) < 4.78 is 44.2. The number of nitrogens with one attached hydrogen (secondary N) is 4. The van der Waals surface area contributed by atoms with Gasteiger partial charge < -0.3 is 44.2 Å². The van der Waals surface area contributed by atoms with Crippen LogP contribution in [-0.4, -0.2) is 143 Å². The average Bonchev–Trinajstić information content (AvgIpc) is 1.70. The van der Waals surface area contributed by atoms with Gasteiger partial charge in [-0.25, -0.2) is 9.83 Å². The van der Waals surface area contributed by atoms with E-state index in [4.69, 9.17) is 61.2 Å². The number of aromatic nitrogens is 15. The Bertz CT molecular complexity index is 6510. The predicted octanol–water partition coefficient (Wildman–Crippen LogP) is 14.7. The molecule has 9 aromatic heterocycles. The number of methoxy groups -OCH3 is 7. The minimum Gasteiger partial charge on any atom is -0.507 e. The van der Waals surface area contributed by atoms with Crippen molar-refractivity contribution in [3.8, 4) is 64.7 Å². The third-order valence-corrected chi connectivity index (χ3v) is 19.2. The molecule has 15 aromatic rings.